The van der Waals surface area contributed by atoms with Gasteiger partial charge in [-0.2, -0.15) is 0 Å². The van der Waals surface area contributed by atoms with E-state index in [1.54, 1.807) is 12.2 Å². The van der Waals surface area contributed by atoms with Gasteiger partial charge in [0.15, 0.2) is 0 Å². The first kappa shape index (κ1) is 22.5. The summed E-state index contributed by atoms with van der Waals surface area (Å²) in [5.74, 6) is 0.946. The van der Waals surface area contributed by atoms with Crippen molar-refractivity contribution in [3.8, 4) is 0 Å². The average molecular weight is 543 g/mol. The number of benzene rings is 1. The SMILES string of the molecule is C=C/C=C(\C=C\O)C1=C2CCN(C(=O)c3ccccc3)C2=C(I)CC(N2CCOCC2)=N1. The third-order valence-corrected chi connectivity index (χ3v) is 6.60. The topological polar surface area (TPSA) is 65.4 Å². The lowest BCUT2D eigenvalue weighted by Gasteiger charge is -2.30. The fraction of sp³-hybridized carbons (Fsp3) is 0.280. The number of carbonyl (C=O) groups is 1. The van der Waals surface area contributed by atoms with Gasteiger partial charge in [0, 0.05) is 46.3 Å². The molecular formula is C25H26IN3O3. The number of amides is 1. The molecule has 166 valence electrons. The molecule has 0 radical (unpaired) electrons. The van der Waals surface area contributed by atoms with Crippen LogP contribution < -0.4 is 0 Å². The second-order valence-corrected chi connectivity index (χ2v) is 8.93. The van der Waals surface area contributed by atoms with E-state index in [0.717, 1.165) is 51.3 Å². The Morgan fingerprint density at radius 1 is 1.19 bits per heavy atom. The summed E-state index contributed by atoms with van der Waals surface area (Å²) in [6.07, 6.45) is 7.52. The van der Waals surface area contributed by atoms with Crippen LogP contribution in [0.4, 0.5) is 0 Å². The van der Waals surface area contributed by atoms with E-state index < -0.39 is 0 Å². The molecular weight excluding hydrogens is 517 g/mol. The monoisotopic (exact) mass is 543 g/mol. The Bertz CT molecular complexity index is 1050. The molecule has 3 aliphatic heterocycles. The number of allylic oxidation sites excluding steroid dienone is 4. The molecule has 2 saturated heterocycles. The number of morpholine rings is 1. The summed E-state index contributed by atoms with van der Waals surface area (Å²) in [5, 5.41) is 9.53. The van der Waals surface area contributed by atoms with Crippen LogP contribution in [0.15, 0.2) is 92.5 Å². The highest BCUT2D eigenvalue weighted by Gasteiger charge is 2.35. The van der Waals surface area contributed by atoms with Crippen molar-refractivity contribution in [3.05, 3.63) is 93.1 Å². The number of amidine groups is 1. The van der Waals surface area contributed by atoms with Crippen molar-refractivity contribution < 1.29 is 14.6 Å². The van der Waals surface area contributed by atoms with Crippen molar-refractivity contribution in [1.82, 2.24) is 9.80 Å². The summed E-state index contributed by atoms with van der Waals surface area (Å²) in [5.41, 5.74) is 4.17. The van der Waals surface area contributed by atoms with Crippen LogP contribution in [0.2, 0.25) is 0 Å². The number of halogens is 1. The second-order valence-electron chi connectivity index (χ2n) is 7.63. The van der Waals surface area contributed by atoms with Crippen LogP contribution in [-0.2, 0) is 4.74 Å². The Kier molecular flexibility index (Phi) is 7.26. The summed E-state index contributed by atoms with van der Waals surface area (Å²) in [6, 6.07) is 9.38. The van der Waals surface area contributed by atoms with E-state index >= 15 is 0 Å². The number of aliphatic hydroxyl groups excluding tert-OH is 1. The van der Waals surface area contributed by atoms with Crippen LogP contribution in [0.1, 0.15) is 23.2 Å². The first-order valence-corrected chi connectivity index (χ1v) is 11.7. The standard InChI is InChI=1S/C25H26IN3O3/c1-2-6-18(10-14-30)23-20-9-11-29(25(31)19-7-4-3-5-8-19)24(20)21(26)17-22(27-23)28-12-15-32-16-13-28/h2-8,10,14,30H,1,9,11-13,15-17H2/b14-10+,18-6+. The highest BCUT2D eigenvalue weighted by Crippen LogP contribution is 2.41. The molecule has 1 aromatic rings. The molecule has 0 atom stereocenters. The summed E-state index contributed by atoms with van der Waals surface area (Å²) in [7, 11) is 0. The molecule has 3 aliphatic rings. The minimum absolute atomic E-state index is 0.00844. The molecule has 0 aromatic heterocycles. The molecule has 1 aromatic carbocycles. The van der Waals surface area contributed by atoms with Crippen molar-refractivity contribution in [2.24, 2.45) is 4.99 Å². The lowest BCUT2D eigenvalue weighted by atomic mass is 10.0. The largest absolute Gasteiger partial charge is 0.516 e. The van der Waals surface area contributed by atoms with Gasteiger partial charge in [-0.15, -0.1) is 0 Å². The summed E-state index contributed by atoms with van der Waals surface area (Å²) in [6.45, 7) is 7.32. The number of likely N-dealkylation sites (tertiary alicyclic amines) is 1. The number of rotatable bonds is 4. The summed E-state index contributed by atoms with van der Waals surface area (Å²) >= 11 is 2.36. The predicted molar refractivity (Wildman–Crippen MR) is 135 cm³/mol. The molecule has 7 heteroatoms. The Hall–Kier alpha value is -2.65. The van der Waals surface area contributed by atoms with Crippen molar-refractivity contribution in [2.75, 3.05) is 32.8 Å². The maximum Gasteiger partial charge on any atom is 0.258 e. The number of aliphatic imine (C=N–C) groups is 1. The van der Waals surface area contributed by atoms with Gasteiger partial charge >= 0.3 is 0 Å². The Balaban J connectivity index is 1.83. The molecule has 4 rings (SSSR count). The third-order valence-electron chi connectivity index (χ3n) is 5.71. The van der Waals surface area contributed by atoms with Crippen molar-refractivity contribution >= 4 is 34.3 Å². The van der Waals surface area contributed by atoms with E-state index in [0.29, 0.717) is 38.2 Å². The van der Waals surface area contributed by atoms with Crippen molar-refractivity contribution in [1.29, 1.82) is 0 Å². The summed E-state index contributed by atoms with van der Waals surface area (Å²) in [4.78, 5) is 22.6. The quantitative estimate of drug-likeness (QED) is 0.338. The Morgan fingerprint density at radius 2 is 1.94 bits per heavy atom. The fourth-order valence-corrected chi connectivity index (χ4v) is 5.18. The first-order valence-electron chi connectivity index (χ1n) is 10.7. The highest BCUT2D eigenvalue weighted by atomic mass is 127. The van der Waals surface area contributed by atoms with Crippen molar-refractivity contribution in [2.45, 2.75) is 12.8 Å². The zero-order valence-electron chi connectivity index (χ0n) is 17.8. The molecule has 1 N–H and O–H groups in total. The van der Waals surface area contributed by atoms with Gasteiger partial charge in [-0.1, -0.05) is 36.9 Å². The van der Waals surface area contributed by atoms with Gasteiger partial charge in [0.2, 0.25) is 0 Å². The van der Waals surface area contributed by atoms with Crippen LogP contribution in [-0.4, -0.2) is 59.5 Å². The molecule has 3 heterocycles. The number of carbonyl (C=O) groups excluding carboxylic acids is 1. The maximum atomic E-state index is 13.4. The lowest BCUT2D eigenvalue weighted by Crippen LogP contribution is -2.40. The van der Waals surface area contributed by atoms with Gasteiger partial charge < -0.3 is 19.6 Å². The number of fused-ring (bicyclic) bond motifs is 1. The van der Waals surface area contributed by atoms with Crippen LogP contribution in [0.5, 0.6) is 0 Å². The van der Waals surface area contributed by atoms with E-state index in [9.17, 15) is 9.90 Å². The van der Waals surface area contributed by atoms with Crippen LogP contribution in [0.25, 0.3) is 0 Å². The zero-order valence-corrected chi connectivity index (χ0v) is 20.0. The molecule has 2 fully saturated rings. The lowest BCUT2D eigenvalue weighted by molar-refractivity contribution is 0.0674. The smallest absolute Gasteiger partial charge is 0.258 e. The molecule has 0 saturated carbocycles. The maximum absolute atomic E-state index is 13.4. The molecule has 0 spiro atoms. The number of nitrogens with zero attached hydrogens (tertiary/aromatic N) is 3. The second kappa shape index (κ2) is 10.3. The first-order chi connectivity index (χ1) is 15.6. The van der Waals surface area contributed by atoms with Crippen LogP contribution in [0, 0.1) is 0 Å². The zero-order chi connectivity index (χ0) is 22.5. The van der Waals surface area contributed by atoms with Gasteiger partial charge in [0.1, 0.15) is 5.84 Å². The third kappa shape index (κ3) is 4.59. The predicted octanol–water partition coefficient (Wildman–Crippen LogP) is 4.75. The van der Waals surface area contributed by atoms with E-state index in [-0.39, 0.29) is 5.91 Å². The average Bonchev–Trinajstić information content (AvgIpc) is 3.21. The number of aliphatic hydroxyl groups is 1. The molecule has 32 heavy (non-hydrogen) atoms. The van der Waals surface area contributed by atoms with E-state index in [1.165, 1.54) is 0 Å². The van der Waals surface area contributed by atoms with E-state index in [2.05, 4.69) is 34.1 Å². The minimum atomic E-state index is -0.00844. The van der Waals surface area contributed by atoms with Gasteiger partial charge in [-0.05, 0) is 47.2 Å². The molecule has 6 nitrogen and oxygen atoms in total. The molecule has 1 amide bonds. The van der Waals surface area contributed by atoms with Gasteiger partial charge in [0.25, 0.3) is 5.91 Å². The van der Waals surface area contributed by atoms with Gasteiger partial charge in [-0.3, -0.25) is 4.79 Å². The fourth-order valence-electron chi connectivity index (χ4n) is 4.22. The number of hydrogen-bond acceptors (Lipinski definition) is 5. The van der Waals surface area contributed by atoms with Crippen molar-refractivity contribution in [3.63, 3.8) is 0 Å². The Morgan fingerprint density at radius 3 is 2.62 bits per heavy atom. The van der Waals surface area contributed by atoms with Crippen LogP contribution >= 0.6 is 22.6 Å². The van der Waals surface area contributed by atoms with Crippen LogP contribution in [0.3, 0.4) is 0 Å². The molecule has 0 bridgehead atoms. The molecule has 0 unspecified atom stereocenters. The highest BCUT2D eigenvalue weighted by molar-refractivity contribution is 14.1. The van der Waals surface area contributed by atoms with E-state index in [1.807, 2.05) is 41.3 Å². The molecule has 0 aliphatic carbocycles. The van der Waals surface area contributed by atoms with Gasteiger partial charge in [0.05, 0.1) is 30.9 Å². The summed E-state index contributed by atoms with van der Waals surface area (Å²) < 4.78 is 6.62. The Labute approximate surface area is 202 Å². The van der Waals surface area contributed by atoms with E-state index in [4.69, 9.17) is 9.73 Å². The minimum Gasteiger partial charge on any atom is -0.516 e. The number of ether oxygens (including phenoxy) is 1. The van der Waals surface area contributed by atoms with Gasteiger partial charge in [-0.25, -0.2) is 4.99 Å². The normalized spacial score (nSPS) is 19.9. The number of hydrogen-bond donors (Lipinski definition) is 1.